The average Bonchev–Trinajstić information content (AvgIpc) is 3.17. The maximum Gasteiger partial charge on any atom is 0.196 e. The molecule has 0 saturated carbocycles. The number of hydrogen-bond acceptors (Lipinski definition) is 4. The summed E-state index contributed by atoms with van der Waals surface area (Å²) in [7, 11) is 0. The molecule has 23 heavy (non-hydrogen) atoms. The quantitative estimate of drug-likeness (QED) is 0.583. The highest BCUT2D eigenvalue weighted by Crippen LogP contribution is 2.40. The van der Waals surface area contributed by atoms with Crippen molar-refractivity contribution in [1.29, 1.82) is 0 Å². The molecule has 2 aromatic carbocycles. The van der Waals surface area contributed by atoms with E-state index in [4.69, 9.17) is 9.15 Å². The Morgan fingerprint density at radius 1 is 1.17 bits per heavy atom. The number of phenolic OH excluding ortho intramolecular Hbond substituents is 1. The fourth-order valence-electron chi connectivity index (χ4n) is 2.75. The zero-order valence-corrected chi connectivity index (χ0v) is 14.9. The van der Waals surface area contributed by atoms with Crippen LogP contribution in [0.25, 0.3) is 11.0 Å². The van der Waals surface area contributed by atoms with E-state index >= 15 is 0 Å². The van der Waals surface area contributed by atoms with Crippen LogP contribution in [0.5, 0.6) is 11.5 Å². The number of halogens is 2. The van der Waals surface area contributed by atoms with Crippen LogP contribution in [0, 0.1) is 0 Å². The van der Waals surface area contributed by atoms with E-state index in [1.54, 1.807) is 6.07 Å². The molecule has 0 spiro atoms. The van der Waals surface area contributed by atoms with Crippen LogP contribution in [0.3, 0.4) is 0 Å². The van der Waals surface area contributed by atoms with E-state index in [2.05, 4.69) is 31.9 Å². The summed E-state index contributed by atoms with van der Waals surface area (Å²) in [4.78, 5) is 12.8. The third-order valence-electron chi connectivity index (χ3n) is 3.92. The lowest BCUT2D eigenvalue weighted by molar-refractivity contribution is 0.103. The van der Waals surface area contributed by atoms with Gasteiger partial charge in [-0.05, 0) is 61.7 Å². The van der Waals surface area contributed by atoms with E-state index in [-0.39, 0.29) is 11.5 Å². The zero-order valence-electron chi connectivity index (χ0n) is 11.7. The van der Waals surface area contributed by atoms with Crippen molar-refractivity contribution in [1.82, 2.24) is 0 Å². The van der Waals surface area contributed by atoms with Crippen LogP contribution >= 0.6 is 31.9 Å². The number of benzene rings is 2. The summed E-state index contributed by atoms with van der Waals surface area (Å²) in [5.74, 6) is 0.733. The molecular weight excluding hydrogens is 428 g/mol. The number of carbonyl (C=O) groups excluding carboxylic acids is 1. The second-order valence-corrected chi connectivity index (χ2v) is 6.89. The number of carbonyl (C=O) groups is 1. The molecule has 3 aromatic rings. The number of ketones is 1. The highest BCUT2D eigenvalue weighted by molar-refractivity contribution is 9.13. The molecule has 0 atom stereocenters. The fraction of sp³-hybridized carbons (Fsp3) is 0.118. The predicted octanol–water partition coefficient (Wildman–Crippen LogP) is 4.83. The normalized spacial score (nSPS) is 13.1. The van der Waals surface area contributed by atoms with Crippen LogP contribution in [-0.2, 0) is 6.42 Å². The number of phenols is 1. The van der Waals surface area contributed by atoms with E-state index < -0.39 is 0 Å². The third-order valence-corrected chi connectivity index (χ3v) is 6.02. The standard InChI is InChI=1S/C17H10Br2O4/c18-14-12(20)6-10-11(7-23-17(10)15(14)19)16(21)9-1-2-13-8(5-9)3-4-22-13/h1-2,5-7,20H,3-4H2. The van der Waals surface area contributed by atoms with Crippen LogP contribution in [0.2, 0.25) is 0 Å². The molecule has 1 aliphatic rings. The molecule has 0 bridgehead atoms. The number of furan rings is 1. The summed E-state index contributed by atoms with van der Waals surface area (Å²) in [5.41, 5.74) is 2.55. The van der Waals surface area contributed by atoms with E-state index in [9.17, 15) is 9.90 Å². The van der Waals surface area contributed by atoms with Crippen molar-refractivity contribution in [3.63, 3.8) is 0 Å². The van der Waals surface area contributed by atoms with Gasteiger partial charge in [0.05, 0.1) is 21.1 Å². The molecule has 4 rings (SSSR count). The Morgan fingerprint density at radius 3 is 2.83 bits per heavy atom. The third kappa shape index (κ3) is 2.28. The Balaban J connectivity index is 1.84. The monoisotopic (exact) mass is 436 g/mol. The highest BCUT2D eigenvalue weighted by atomic mass is 79.9. The van der Waals surface area contributed by atoms with Gasteiger partial charge in [0.1, 0.15) is 23.3 Å². The van der Waals surface area contributed by atoms with Crippen molar-refractivity contribution in [2.24, 2.45) is 0 Å². The summed E-state index contributed by atoms with van der Waals surface area (Å²) in [6.07, 6.45) is 2.23. The number of fused-ring (bicyclic) bond motifs is 2. The summed E-state index contributed by atoms with van der Waals surface area (Å²) >= 11 is 6.63. The second-order valence-electron chi connectivity index (χ2n) is 5.30. The summed E-state index contributed by atoms with van der Waals surface area (Å²) in [6, 6.07) is 6.95. The first-order valence-electron chi connectivity index (χ1n) is 6.95. The first-order chi connectivity index (χ1) is 11.1. The zero-order chi connectivity index (χ0) is 16.1. The van der Waals surface area contributed by atoms with Crippen molar-refractivity contribution in [2.45, 2.75) is 6.42 Å². The van der Waals surface area contributed by atoms with Crippen LogP contribution in [0.1, 0.15) is 21.5 Å². The van der Waals surface area contributed by atoms with Gasteiger partial charge in [0.2, 0.25) is 0 Å². The van der Waals surface area contributed by atoms with Gasteiger partial charge in [-0.25, -0.2) is 0 Å². The maximum atomic E-state index is 12.8. The molecule has 6 heteroatoms. The van der Waals surface area contributed by atoms with Crippen molar-refractivity contribution in [3.05, 3.63) is 56.2 Å². The molecule has 4 nitrogen and oxygen atoms in total. The Kier molecular flexibility index (Phi) is 3.46. The molecule has 0 amide bonds. The van der Waals surface area contributed by atoms with Crippen molar-refractivity contribution in [2.75, 3.05) is 6.61 Å². The van der Waals surface area contributed by atoms with Crippen molar-refractivity contribution < 1.29 is 19.1 Å². The van der Waals surface area contributed by atoms with Crippen molar-refractivity contribution in [3.8, 4) is 11.5 Å². The first kappa shape index (κ1) is 14.8. The molecule has 1 aromatic heterocycles. The van der Waals surface area contributed by atoms with Gasteiger partial charge in [0.15, 0.2) is 5.78 Å². The van der Waals surface area contributed by atoms with Gasteiger partial charge in [0, 0.05) is 17.4 Å². The molecule has 0 unspecified atom stereocenters. The molecule has 0 radical (unpaired) electrons. The molecular formula is C17H10Br2O4. The molecule has 0 saturated heterocycles. The minimum absolute atomic E-state index is 0.0437. The van der Waals surface area contributed by atoms with Crippen LogP contribution in [0.15, 0.2) is 43.9 Å². The number of ether oxygens (including phenoxy) is 1. The second kappa shape index (κ2) is 5.39. The molecule has 1 N–H and O–H groups in total. The lowest BCUT2D eigenvalue weighted by Crippen LogP contribution is -2.00. The molecule has 1 aliphatic heterocycles. The molecule has 2 heterocycles. The van der Waals surface area contributed by atoms with E-state index in [0.29, 0.717) is 37.6 Å². The van der Waals surface area contributed by atoms with Crippen molar-refractivity contribution >= 4 is 48.6 Å². The van der Waals surface area contributed by atoms with Gasteiger partial charge < -0.3 is 14.3 Å². The highest BCUT2D eigenvalue weighted by Gasteiger charge is 2.22. The Morgan fingerprint density at radius 2 is 2.00 bits per heavy atom. The molecule has 116 valence electrons. The van der Waals surface area contributed by atoms with Gasteiger partial charge in [-0.2, -0.15) is 0 Å². The number of rotatable bonds is 2. The average molecular weight is 438 g/mol. The molecule has 0 fully saturated rings. The minimum atomic E-state index is -0.146. The first-order valence-corrected chi connectivity index (χ1v) is 8.53. The largest absolute Gasteiger partial charge is 0.507 e. The maximum absolute atomic E-state index is 12.8. The topological polar surface area (TPSA) is 59.7 Å². The Bertz CT molecular complexity index is 959. The van der Waals surface area contributed by atoms with Crippen LogP contribution in [0.4, 0.5) is 0 Å². The van der Waals surface area contributed by atoms with E-state index in [0.717, 1.165) is 17.7 Å². The SMILES string of the molecule is O=C(c1ccc2c(c1)CCO2)c1coc2c(Br)c(Br)c(O)cc12. The summed E-state index contributed by atoms with van der Waals surface area (Å²) in [5, 5.41) is 10.5. The van der Waals surface area contributed by atoms with E-state index in [1.807, 2.05) is 12.1 Å². The van der Waals surface area contributed by atoms with Gasteiger partial charge in [-0.1, -0.05) is 0 Å². The van der Waals surface area contributed by atoms with Gasteiger partial charge >= 0.3 is 0 Å². The van der Waals surface area contributed by atoms with Gasteiger partial charge in [-0.3, -0.25) is 4.79 Å². The number of aromatic hydroxyl groups is 1. The van der Waals surface area contributed by atoms with Crippen LogP contribution < -0.4 is 4.74 Å². The number of hydrogen-bond donors (Lipinski definition) is 1. The Hall–Kier alpha value is -1.79. The van der Waals surface area contributed by atoms with Gasteiger partial charge in [0.25, 0.3) is 0 Å². The molecule has 0 aliphatic carbocycles. The lowest BCUT2D eigenvalue weighted by atomic mass is 10.00. The Labute approximate surface area is 148 Å². The lowest BCUT2D eigenvalue weighted by Gasteiger charge is -2.04. The smallest absolute Gasteiger partial charge is 0.196 e. The minimum Gasteiger partial charge on any atom is -0.507 e. The van der Waals surface area contributed by atoms with Gasteiger partial charge in [-0.15, -0.1) is 0 Å². The predicted molar refractivity (Wildman–Crippen MR) is 92.4 cm³/mol. The summed E-state index contributed by atoms with van der Waals surface area (Å²) < 4.78 is 12.1. The summed E-state index contributed by atoms with van der Waals surface area (Å²) in [6.45, 7) is 0.649. The van der Waals surface area contributed by atoms with E-state index in [1.165, 1.54) is 12.3 Å². The van der Waals surface area contributed by atoms with Crippen LogP contribution in [-0.4, -0.2) is 17.5 Å². The fourth-order valence-corrected chi connectivity index (χ4v) is 3.56.